The van der Waals surface area contributed by atoms with Crippen molar-refractivity contribution >= 4 is 23.1 Å². The molecule has 2 N–H and O–H groups in total. The van der Waals surface area contributed by atoms with E-state index in [1.54, 1.807) is 42.9 Å². The summed E-state index contributed by atoms with van der Waals surface area (Å²) in [5, 5.41) is 6.76. The minimum atomic E-state index is -0.111. The molecule has 0 atom stereocenters. The quantitative estimate of drug-likeness (QED) is 0.882. The van der Waals surface area contributed by atoms with Crippen LogP contribution in [-0.2, 0) is 6.54 Å². The van der Waals surface area contributed by atoms with E-state index in [1.165, 1.54) is 0 Å². The number of anilines is 1. The number of thiazole rings is 1. The zero-order valence-corrected chi connectivity index (χ0v) is 11.0. The molecule has 0 aliphatic rings. The number of carbonyl (C=O) groups excluding carboxylic acids is 1. The maximum Gasteiger partial charge on any atom is 0.251 e. The van der Waals surface area contributed by atoms with Gasteiger partial charge in [-0.1, -0.05) is 0 Å². The number of rotatable bonds is 4. The Labute approximate surface area is 109 Å². The van der Waals surface area contributed by atoms with Crippen molar-refractivity contribution in [2.45, 2.75) is 13.5 Å². The van der Waals surface area contributed by atoms with Crippen LogP contribution in [0, 0.1) is 6.92 Å². The molecule has 0 saturated carbocycles. The van der Waals surface area contributed by atoms with E-state index in [0.29, 0.717) is 17.9 Å². The number of nitrogens with zero attached hydrogens (tertiary/aromatic N) is 2. The lowest BCUT2D eigenvalue weighted by atomic mass is 10.2. The van der Waals surface area contributed by atoms with E-state index in [2.05, 4.69) is 20.6 Å². The van der Waals surface area contributed by atoms with Gasteiger partial charge in [-0.25, -0.2) is 9.97 Å². The summed E-state index contributed by atoms with van der Waals surface area (Å²) in [5.41, 5.74) is 0.593. The average molecular weight is 262 g/mol. The maximum atomic E-state index is 11.9. The standard InChI is InChI=1S/C12H14N4OS/c1-8-15-6-10(18-8)7-16-12(17)9-3-4-14-11(5-9)13-2/h3-6H,7H2,1-2H3,(H,13,14)(H,16,17). The number of hydrogen-bond donors (Lipinski definition) is 2. The fourth-order valence-electron chi connectivity index (χ4n) is 1.47. The first-order valence-corrected chi connectivity index (χ1v) is 6.34. The largest absolute Gasteiger partial charge is 0.373 e. The molecule has 0 aliphatic heterocycles. The normalized spacial score (nSPS) is 10.1. The van der Waals surface area contributed by atoms with E-state index in [9.17, 15) is 4.79 Å². The molecule has 2 heterocycles. The van der Waals surface area contributed by atoms with Crippen LogP contribution in [0.4, 0.5) is 5.82 Å². The Hall–Kier alpha value is -1.95. The van der Waals surface area contributed by atoms with Crippen LogP contribution >= 0.6 is 11.3 Å². The van der Waals surface area contributed by atoms with Crippen molar-refractivity contribution in [1.29, 1.82) is 0 Å². The summed E-state index contributed by atoms with van der Waals surface area (Å²) in [5.74, 6) is 0.566. The van der Waals surface area contributed by atoms with Gasteiger partial charge in [0.15, 0.2) is 0 Å². The molecule has 2 aromatic heterocycles. The Kier molecular flexibility index (Phi) is 3.88. The Balaban J connectivity index is 1.99. The van der Waals surface area contributed by atoms with Crippen LogP contribution in [0.25, 0.3) is 0 Å². The van der Waals surface area contributed by atoms with Gasteiger partial charge >= 0.3 is 0 Å². The zero-order valence-electron chi connectivity index (χ0n) is 10.2. The summed E-state index contributed by atoms with van der Waals surface area (Å²) >= 11 is 1.58. The van der Waals surface area contributed by atoms with Gasteiger partial charge in [0, 0.05) is 29.9 Å². The number of nitrogens with one attached hydrogen (secondary N) is 2. The average Bonchev–Trinajstić information content (AvgIpc) is 2.82. The molecular weight excluding hydrogens is 248 g/mol. The summed E-state index contributed by atoms with van der Waals surface area (Å²) in [6, 6.07) is 3.40. The smallest absolute Gasteiger partial charge is 0.251 e. The lowest BCUT2D eigenvalue weighted by molar-refractivity contribution is 0.0951. The van der Waals surface area contributed by atoms with Crippen LogP contribution in [0.5, 0.6) is 0 Å². The monoisotopic (exact) mass is 262 g/mol. The Morgan fingerprint density at radius 2 is 2.28 bits per heavy atom. The zero-order chi connectivity index (χ0) is 13.0. The minimum Gasteiger partial charge on any atom is -0.373 e. The summed E-state index contributed by atoms with van der Waals surface area (Å²) in [6.45, 7) is 2.44. The molecule has 0 radical (unpaired) electrons. The highest BCUT2D eigenvalue weighted by atomic mass is 32.1. The first-order chi connectivity index (χ1) is 8.69. The Bertz CT molecular complexity index is 553. The number of pyridine rings is 1. The van der Waals surface area contributed by atoms with Crippen LogP contribution in [0.2, 0.25) is 0 Å². The van der Waals surface area contributed by atoms with E-state index in [0.717, 1.165) is 9.88 Å². The van der Waals surface area contributed by atoms with Gasteiger partial charge in [0.1, 0.15) is 5.82 Å². The molecule has 18 heavy (non-hydrogen) atoms. The first kappa shape index (κ1) is 12.5. The minimum absolute atomic E-state index is 0.111. The van der Waals surface area contributed by atoms with Crippen LogP contribution < -0.4 is 10.6 Å². The summed E-state index contributed by atoms with van der Waals surface area (Å²) in [4.78, 5) is 21.2. The molecule has 2 aromatic rings. The van der Waals surface area contributed by atoms with Crippen molar-refractivity contribution in [3.63, 3.8) is 0 Å². The van der Waals surface area contributed by atoms with Crippen molar-refractivity contribution in [2.24, 2.45) is 0 Å². The second-order valence-corrected chi connectivity index (χ2v) is 5.03. The fraction of sp³-hybridized carbons (Fsp3) is 0.250. The summed E-state index contributed by atoms with van der Waals surface area (Å²) in [7, 11) is 1.77. The van der Waals surface area contributed by atoms with Gasteiger partial charge in [-0.3, -0.25) is 4.79 Å². The first-order valence-electron chi connectivity index (χ1n) is 5.52. The summed E-state index contributed by atoms with van der Waals surface area (Å²) < 4.78 is 0. The van der Waals surface area contributed by atoms with Crippen molar-refractivity contribution in [2.75, 3.05) is 12.4 Å². The topological polar surface area (TPSA) is 66.9 Å². The molecule has 0 aromatic carbocycles. The number of amides is 1. The molecule has 6 heteroatoms. The molecule has 2 rings (SSSR count). The van der Waals surface area contributed by atoms with Gasteiger partial charge in [0.2, 0.25) is 0 Å². The fourth-order valence-corrected chi connectivity index (χ4v) is 2.20. The number of carbonyl (C=O) groups is 1. The van der Waals surface area contributed by atoms with Crippen LogP contribution in [0.1, 0.15) is 20.2 Å². The molecule has 0 spiro atoms. The lowest BCUT2D eigenvalue weighted by Gasteiger charge is -2.05. The van der Waals surface area contributed by atoms with Gasteiger partial charge in [0.05, 0.1) is 11.6 Å². The Morgan fingerprint density at radius 1 is 1.44 bits per heavy atom. The molecule has 0 unspecified atom stereocenters. The van der Waals surface area contributed by atoms with Crippen molar-refractivity contribution in [3.8, 4) is 0 Å². The highest BCUT2D eigenvalue weighted by Crippen LogP contribution is 2.11. The van der Waals surface area contributed by atoms with Gasteiger partial charge in [-0.2, -0.15) is 0 Å². The van der Waals surface area contributed by atoms with Gasteiger partial charge < -0.3 is 10.6 Å². The number of hydrogen-bond acceptors (Lipinski definition) is 5. The highest BCUT2D eigenvalue weighted by molar-refractivity contribution is 7.11. The van der Waals surface area contributed by atoms with Crippen LogP contribution in [0.15, 0.2) is 24.5 Å². The second-order valence-electron chi connectivity index (χ2n) is 3.71. The predicted octanol–water partition coefficient (Wildman–Crippen LogP) is 1.82. The third-order valence-corrected chi connectivity index (χ3v) is 3.28. The molecular formula is C12H14N4OS. The Morgan fingerprint density at radius 3 is 2.94 bits per heavy atom. The second kappa shape index (κ2) is 5.59. The van der Waals surface area contributed by atoms with Crippen molar-refractivity contribution < 1.29 is 4.79 Å². The van der Waals surface area contributed by atoms with Gasteiger partial charge in [0.25, 0.3) is 5.91 Å². The predicted molar refractivity (Wildman–Crippen MR) is 71.8 cm³/mol. The van der Waals surface area contributed by atoms with Crippen LogP contribution in [0.3, 0.4) is 0 Å². The van der Waals surface area contributed by atoms with Gasteiger partial charge in [-0.15, -0.1) is 11.3 Å². The SMILES string of the molecule is CNc1cc(C(=O)NCc2cnc(C)s2)ccn1. The molecule has 5 nitrogen and oxygen atoms in total. The van der Waals surface area contributed by atoms with Crippen molar-refractivity contribution in [1.82, 2.24) is 15.3 Å². The van der Waals surface area contributed by atoms with Crippen molar-refractivity contribution in [3.05, 3.63) is 40.0 Å². The third kappa shape index (κ3) is 3.04. The number of aryl methyl sites for hydroxylation is 1. The van der Waals surface area contributed by atoms with Crippen LogP contribution in [-0.4, -0.2) is 22.9 Å². The van der Waals surface area contributed by atoms with E-state index in [-0.39, 0.29) is 5.91 Å². The van der Waals surface area contributed by atoms with Gasteiger partial charge in [-0.05, 0) is 19.1 Å². The highest BCUT2D eigenvalue weighted by Gasteiger charge is 2.07. The molecule has 94 valence electrons. The molecule has 1 amide bonds. The summed E-state index contributed by atoms with van der Waals surface area (Å²) in [6.07, 6.45) is 3.39. The number of aromatic nitrogens is 2. The maximum absolute atomic E-state index is 11.9. The molecule has 0 bridgehead atoms. The van der Waals surface area contributed by atoms with E-state index in [4.69, 9.17) is 0 Å². The van der Waals surface area contributed by atoms with E-state index < -0.39 is 0 Å². The lowest BCUT2D eigenvalue weighted by Crippen LogP contribution is -2.22. The third-order valence-electron chi connectivity index (χ3n) is 2.37. The molecule has 0 aliphatic carbocycles. The molecule has 0 saturated heterocycles. The molecule has 0 fully saturated rings. The van der Waals surface area contributed by atoms with E-state index >= 15 is 0 Å². The van der Waals surface area contributed by atoms with E-state index in [1.807, 2.05) is 6.92 Å².